The van der Waals surface area contributed by atoms with Crippen molar-refractivity contribution in [2.75, 3.05) is 5.73 Å². The summed E-state index contributed by atoms with van der Waals surface area (Å²) in [6.07, 6.45) is 0. The van der Waals surface area contributed by atoms with Crippen LogP contribution in [-0.4, -0.2) is 11.0 Å². The van der Waals surface area contributed by atoms with Crippen LogP contribution in [0.25, 0.3) is 10.9 Å². The molecule has 0 saturated carbocycles. The highest BCUT2D eigenvalue weighted by Gasteiger charge is 2.17. The lowest BCUT2D eigenvalue weighted by atomic mass is 10.1. The Labute approximate surface area is 122 Å². The zero-order valence-electron chi connectivity index (χ0n) is 11.7. The second-order valence-electron chi connectivity index (χ2n) is 4.99. The molecule has 0 saturated heterocycles. The number of carbonyl (C=O) groups excluding carboxylic acids is 1. The predicted octanol–water partition coefficient (Wildman–Crippen LogP) is 3.42. The van der Waals surface area contributed by atoms with E-state index in [-0.39, 0.29) is 12.6 Å². The molecule has 3 N–H and O–H groups in total. The number of esters is 1. The average molecular weight is 280 g/mol. The molecule has 0 unspecified atom stereocenters. The molecule has 0 aliphatic rings. The lowest BCUT2D eigenvalue weighted by Gasteiger charge is -2.05. The third-order valence-corrected chi connectivity index (χ3v) is 3.43. The number of nitrogens with one attached hydrogen (secondary N) is 1. The van der Waals surface area contributed by atoms with E-state index in [1.165, 1.54) is 0 Å². The Balaban J connectivity index is 1.87. The van der Waals surface area contributed by atoms with Crippen LogP contribution in [0.15, 0.2) is 48.5 Å². The maximum Gasteiger partial charge on any atom is 0.340 e. The minimum atomic E-state index is -0.340. The summed E-state index contributed by atoms with van der Waals surface area (Å²) in [7, 11) is 0. The first-order valence-corrected chi connectivity index (χ1v) is 6.74. The number of aromatic amines is 1. The number of hydrogen-bond acceptors (Lipinski definition) is 3. The molecule has 106 valence electrons. The highest BCUT2D eigenvalue weighted by Crippen LogP contribution is 2.25. The van der Waals surface area contributed by atoms with Crippen LogP contribution in [0.5, 0.6) is 0 Å². The van der Waals surface area contributed by atoms with Gasteiger partial charge in [0, 0.05) is 22.3 Å². The quantitative estimate of drug-likeness (QED) is 0.570. The van der Waals surface area contributed by atoms with Gasteiger partial charge in [-0.05, 0) is 30.7 Å². The molecule has 4 nitrogen and oxygen atoms in total. The second kappa shape index (κ2) is 5.32. The molecule has 0 aliphatic carbocycles. The first kappa shape index (κ1) is 13.2. The zero-order chi connectivity index (χ0) is 14.8. The Hall–Kier alpha value is -2.75. The Morgan fingerprint density at radius 1 is 1.19 bits per heavy atom. The largest absolute Gasteiger partial charge is 0.457 e. The van der Waals surface area contributed by atoms with Gasteiger partial charge in [0.15, 0.2) is 0 Å². The van der Waals surface area contributed by atoms with Gasteiger partial charge in [-0.15, -0.1) is 0 Å². The summed E-state index contributed by atoms with van der Waals surface area (Å²) in [6, 6.07) is 15.1. The fraction of sp³-hybridized carbons (Fsp3) is 0.118. The molecule has 1 aromatic heterocycles. The van der Waals surface area contributed by atoms with Gasteiger partial charge in [0.1, 0.15) is 6.61 Å². The third kappa shape index (κ3) is 2.60. The molecule has 0 aliphatic heterocycles. The van der Waals surface area contributed by atoms with E-state index in [1.54, 1.807) is 12.1 Å². The second-order valence-corrected chi connectivity index (χ2v) is 4.99. The van der Waals surface area contributed by atoms with Crippen molar-refractivity contribution >= 4 is 22.6 Å². The van der Waals surface area contributed by atoms with Crippen molar-refractivity contribution < 1.29 is 9.53 Å². The number of benzene rings is 2. The van der Waals surface area contributed by atoms with Gasteiger partial charge in [0.05, 0.1) is 5.56 Å². The Morgan fingerprint density at radius 3 is 2.71 bits per heavy atom. The van der Waals surface area contributed by atoms with Crippen molar-refractivity contribution in [3.8, 4) is 0 Å². The number of hydrogen-bond donors (Lipinski definition) is 2. The van der Waals surface area contributed by atoms with Crippen LogP contribution in [0.3, 0.4) is 0 Å². The minimum absolute atomic E-state index is 0.258. The van der Waals surface area contributed by atoms with E-state index in [1.807, 2.05) is 43.3 Å². The van der Waals surface area contributed by atoms with Crippen LogP contribution in [0, 0.1) is 6.92 Å². The normalized spacial score (nSPS) is 10.7. The number of fused-ring (bicyclic) bond motifs is 1. The molecule has 1 heterocycles. The SMILES string of the molecule is Cc1[nH]c2ccc(N)cc2c1C(=O)OCc1ccccc1. The van der Waals surface area contributed by atoms with Crippen LogP contribution in [0.4, 0.5) is 5.69 Å². The van der Waals surface area contributed by atoms with Crippen LogP contribution in [0.2, 0.25) is 0 Å². The summed E-state index contributed by atoms with van der Waals surface area (Å²) in [5.74, 6) is -0.340. The van der Waals surface area contributed by atoms with Crippen molar-refractivity contribution in [3.63, 3.8) is 0 Å². The van der Waals surface area contributed by atoms with E-state index in [9.17, 15) is 4.79 Å². The number of rotatable bonds is 3. The van der Waals surface area contributed by atoms with Gasteiger partial charge in [0.2, 0.25) is 0 Å². The number of anilines is 1. The molecule has 0 spiro atoms. The summed E-state index contributed by atoms with van der Waals surface area (Å²) >= 11 is 0. The molecule has 0 bridgehead atoms. The first-order chi connectivity index (χ1) is 10.1. The summed E-state index contributed by atoms with van der Waals surface area (Å²) in [5, 5.41) is 0.797. The van der Waals surface area contributed by atoms with E-state index >= 15 is 0 Å². The van der Waals surface area contributed by atoms with Crippen molar-refractivity contribution in [1.29, 1.82) is 0 Å². The van der Waals surface area contributed by atoms with Crippen LogP contribution < -0.4 is 5.73 Å². The molecular weight excluding hydrogens is 264 g/mol. The topological polar surface area (TPSA) is 68.1 Å². The lowest BCUT2D eigenvalue weighted by Crippen LogP contribution is -2.06. The molecule has 0 radical (unpaired) electrons. The fourth-order valence-corrected chi connectivity index (χ4v) is 2.40. The van der Waals surface area contributed by atoms with Crippen molar-refractivity contribution in [2.45, 2.75) is 13.5 Å². The van der Waals surface area contributed by atoms with Crippen molar-refractivity contribution in [1.82, 2.24) is 4.98 Å². The van der Waals surface area contributed by atoms with E-state index in [2.05, 4.69) is 4.98 Å². The first-order valence-electron chi connectivity index (χ1n) is 6.74. The Kier molecular flexibility index (Phi) is 3.36. The molecule has 0 amide bonds. The van der Waals surface area contributed by atoms with Gasteiger partial charge < -0.3 is 15.5 Å². The van der Waals surface area contributed by atoms with Crippen molar-refractivity contribution in [2.24, 2.45) is 0 Å². The molecular formula is C17H16N2O2. The zero-order valence-corrected chi connectivity index (χ0v) is 11.7. The molecule has 3 aromatic rings. The monoisotopic (exact) mass is 280 g/mol. The number of nitrogen functional groups attached to an aromatic ring is 1. The van der Waals surface area contributed by atoms with E-state index < -0.39 is 0 Å². The van der Waals surface area contributed by atoms with Gasteiger partial charge in [-0.2, -0.15) is 0 Å². The Bertz CT molecular complexity index is 791. The maximum atomic E-state index is 12.3. The van der Waals surface area contributed by atoms with Crippen LogP contribution in [0.1, 0.15) is 21.6 Å². The van der Waals surface area contributed by atoms with Crippen LogP contribution >= 0.6 is 0 Å². The highest BCUT2D eigenvalue weighted by atomic mass is 16.5. The van der Waals surface area contributed by atoms with E-state index in [0.717, 1.165) is 22.2 Å². The summed E-state index contributed by atoms with van der Waals surface area (Å²) in [6.45, 7) is 2.11. The fourth-order valence-electron chi connectivity index (χ4n) is 2.40. The molecule has 2 aromatic carbocycles. The standard InChI is InChI=1S/C17H16N2O2/c1-11-16(14-9-13(18)7-8-15(14)19-11)17(20)21-10-12-5-3-2-4-6-12/h2-9,19H,10,18H2,1H3. The van der Waals surface area contributed by atoms with Gasteiger partial charge in [-0.1, -0.05) is 30.3 Å². The lowest BCUT2D eigenvalue weighted by molar-refractivity contribution is 0.0474. The van der Waals surface area contributed by atoms with Crippen molar-refractivity contribution in [3.05, 3.63) is 65.4 Å². The maximum absolute atomic E-state index is 12.3. The highest BCUT2D eigenvalue weighted by molar-refractivity contribution is 6.06. The molecule has 0 atom stereocenters. The number of aryl methyl sites for hydroxylation is 1. The Morgan fingerprint density at radius 2 is 1.95 bits per heavy atom. The van der Waals surface area contributed by atoms with Gasteiger partial charge in [0.25, 0.3) is 0 Å². The van der Waals surface area contributed by atoms with Gasteiger partial charge >= 0.3 is 5.97 Å². The predicted molar refractivity (Wildman–Crippen MR) is 83.0 cm³/mol. The number of carbonyl (C=O) groups is 1. The number of aromatic nitrogens is 1. The molecule has 4 heteroatoms. The van der Waals surface area contributed by atoms with Gasteiger partial charge in [-0.3, -0.25) is 0 Å². The van der Waals surface area contributed by atoms with E-state index in [4.69, 9.17) is 10.5 Å². The average Bonchev–Trinajstić information content (AvgIpc) is 2.81. The third-order valence-electron chi connectivity index (χ3n) is 3.43. The van der Waals surface area contributed by atoms with E-state index in [0.29, 0.717) is 11.3 Å². The summed E-state index contributed by atoms with van der Waals surface area (Å²) in [5.41, 5.74) is 9.60. The molecule has 3 rings (SSSR count). The smallest absolute Gasteiger partial charge is 0.340 e. The minimum Gasteiger partial charge on any atom is -0.457 e. The molecule has 0 fully saturated rings. The summed E-state index contributed by atoms with van der Waals surface area (Å²) < 4.78 is 5.40. The van der Waals surface area contributed by atoms with Crippen LogP contribution in [-0.2, 0) is 11.3 Å². The number of H-pyrrole nitrogens is 1. The van der Waals surface area contributed by atoms with Gasteiger partial charge in [-0.25, -0.2) is 4.79 Å². The number of nitrogens with two attached hydrogens (primary N) is 1. The number of ether oxygens (including phenoxy) is 1. The molecule has 21 heavy (non-hydrogen) atoms. The summed E-state index contributed by atoms with van der Waals surface area (Å²) in [4.78, 5) is 15.5.